The lowest BCUT2D eigenvalue weighted by Crippen LogP contribution is -2.12. The van der Waals surface area contributed by atoms with E-state index in [9.17, 15) is 0 Å². The summed E-state index contributed by atoms with van der Waals surface area (Å²) in [6.45, 7) is 4.08. The summed E-state index contributed by atoms with van der Waals surface area (Å²) in [5.41, 5.74) is 2.15. The third-order valence-electron chi connectivity index (χ3n) is 3.08. The van der Waals surface area contributed by atoms with E-state index in [2.05, 4.69) is 20.6 Å². The lowest BCUT2D eigenvalue weighted by Gasteiger charge is -2.09. The van der Waals surface area contributed by atoms with Crippen LogP contribution in [0.3, 0.4) is 0 Å². The van der Waals surface area contributed by atoms with Crippen molar-refractivity contribution in [3.63, 3.8) is 0 Å². The zero-order valence-electron chi connectivity index (χ0n) is 12.9. The van der Waals surface area contributed by atoms with E-state index >= 15 is 0 Å². The maximum Gasteiger partial charge on any atom is 0.224 e. The maximum atomic E-state index is 5.88. The van der Waals surface area contributed by atoms with Gasteiger partial charge in [0.15, 0.2) is 0 Å². The van der Waals surface area contributed by atoms with Crippen molar-refractivity contribution < 1.29 is 4.74 Å². The highest BCUT2D eigenvalue weighted by atomic mass is 35.5. The summed E-state index contributed by atoms with van der Waals surface area (Å²) in [6, 6.07) is 9.77. The Balaban J connectivity index is 1.87. The number of halogens is 1. The van der Waals surface area contributed by atoms with Crippen molar-refractivity contribution in [2.24, 2.45) is 0 Å². The Labute approximate surface area is 136 Å². The lowest BCUT2D eigenvalue weighted by atomic mass is 10.1. The number of hydrogen-bond donors (Lipinski definition) is 2. The molecule has 22 heavy (non-hydrogen) atoms. The van der Waals surface area contributed by atoms with Crippen molar-refractivity contribution in [1.29, 1.82) is 0 Å². The summed E-state index contributed by atoms with van der Waals surface area (Å²) in [5.74, 6) is 1.44. The van der Waals surface area contributed by atoms with Gasteiger partial charge in [0, 0.05) is 37.0 Å². The molecule has 2 rings (SSSR count). The van der Waals surface area contributed by atoms with Gasteiger partial charge >= 0.3 is 0 Å². The number of methoxy groups -OCH3 is 1. The number of anilines is 2. The molecule has 2 aromatic rings. The van der Waals surface area contributed by atoms with Gasteiger partial charge in [0.25, 0.3) is 0 Å². The zero-order valence-corrected chi connectivity index (χ0v) is 13.7. The molecule has 6 heteroatoms. The average Bonchev–Trinajstić information content (AvgIpc) is 2.49. The fraction of sp³-hybridized carbons (Fsp3) is 0.375. The normalized spacial score (nSPS) is 10.5. The van der Waals surface area contributed by atoms with E-state index in [0.717, 1.165) is 36.0 Å². The largest absolute Gasteiger partial charge is 0.383 e. The van der Waals surface area contributed by atoms with Crippen LogP contribution in [-0.2, 0) is 11.2 Å². The molecule has 0 aliphatic heterocycles. The van der Waals surface area contributed by atoms with Gasteiger partial charge in [-0.25, -0.2) is 4.98 Å². The second-order valence-corrected chi connectivity index (χ2v) is 5.38. The van der Waals surface area contributed by atoms with Gasteiger partial charge in [0.2, 0.25) is 5.95 Å². The molecule has 0 saturated heterocycles. The van der Waals surface area contributed by atoms with Crippen LogP contribution in [0.2, 0.25) is 5.02 Å². The summed E-state index contributed by atoms with van der Waals surface area (Å²) >= 11 is 5.88. The third-order valence-corrected chi connectivity index (χ3v) is 3.33. The van der Waals surface area contributed by atoms with Gasteiger partial charge in [0.05, 0.1) is 6.61 Å². The summed E-state index contributed by atoms with van der Waals surface area (Å²) < 4.78 is 5.02. The zero-order chi connectivity index (χ0) is 15.8. The molecule has 2 N–H and O–H groups in total. The number of hydrogen-bond acceptors (Lipinski definition) is 5. The molecule has 0 spiro atoms. The average molecular weight is 321 g/mol. The van der Waals surface area contributed by atoms with E-state index in [1.165, 1.54) is 5.56 Å². The molecule has 5 nitrogen and oxygen atoms in total. The molecule has 0 saturated carbocycles. The van der Waals surface area contributed by atoms with Crippen LogP contribution in [0.1, 0.15) is 11.3 Å². The summed E-state index contributed by atoms with van der Waals surface area (Å²) in [6.07, 6.45) is 0.890. The van der Waals surface area contributed by atoms with Crippen LogP contribution < -0.4 is 10.6 Å². The minimum atomic E-state index is 0.633. The highest BCUT2D eigenvalue weighted by Gasteiger charge is 2.02. The minimum Gasteiger partial charge on any atom is -0.383 e. The van der Waals surface area contributed by atoms with Gasteiger partial charge in [-0.05, 0) is 31.0 Å². The lowest BCUT2D eigenvalue weighted by molar-refractivity contribution is 0.210. The van der Waals surface area contributed by atoms with Crippen LogP contribution >= 0.6 is 11.6 Å². The first kappa shape index (κ1) is 16.5. The predicted octanol–water partition coefficient (Wildman–Crippen LogP) is 3.15. The van der Waals surface area contributed by atoms with Gasteiger partial charge in [-0.3, -0.25) is 0 Å². The van der Waals surface area contributed by atoms with Crippen molar-refractivity contribution in [1.82, 2.24) is 9.97 Å². The van der Waals surface area contributed by atoms with Gasteiger partial charge in [0.1, 0.15) is 5.82 Å². The number of nitrogens with zero attached hydrogens (tertiary/aromatic N) is 2. The molecule has 0 aliphatic rings. The third kappa shape index (κ3) is 5.50. The standard InChI is InChI=1S/C16H21ClN4O/c1-12-11-15(18-9-10-22-2)21-16(20-12)19-8-7-13-3-5-14(17)6-4-13/h3-6,11H,7-10H2,1-2H3,(H2,18,19,20,21). The van der Waals surface area contributed by atoms with Crippen molar-refractivity contribution in [2.75, 3.05) is 37.4 Å². The van der Waals surface area contributed by atoms with E-state index in [1.807, 2.05) is 37.3 Å². The monoisotopic (exact) mass is 320 g/mol. The van der Waals surface area contributed by atoms with Gasteiger partial charge in [-0.1, -0.05) is 23.7 Å². The minimum absolute atomic E-state index is 0.633. The number of aryl methyl sites for hydroxylation is 1. The topological polar surface area (TPSA) is 59.1 Å². The Morgan fingerprint density at radius 2 is 1.86 bits per heavy atom. The van der Waals surface area contributed by atoms with E-state index in [0.29, 0.717) is 12.6 Å². The first-order valence-electron chi connectivity index (χ1n) is 7.24. The summed E-state index contributed by atoms with van der Waals surface area (Å²) in [5, 5.41) is 7.22. The molecule has 118 valence electrons. The molecular formula is C16H21ClN4O. The fourth-order valence-electron chi connectivity index (χ4n) is 1.99. The van der Waals surface area contributed by atoms with Crippen LogP contribution in [-0.4, -0.2) is 36.8 Å². The highest BCUT2D eigenvalue weighted by Crippen LogP contribution is 2.11. The van der Waals surface area contributed by atoms with E-state index in [-0.39, 0.29) is 0 Å². The number of rotatable bonds is 8. The molecule has 0 bridgehead atoms. The van der Waals surface area contributed by atoms with Crippen LogP contribution in [0.5, 0.6) is 0 Å². The Morgan fingerprint density at radius 3 is 2.59 bits per heavy atom. The van der Waals surface area contributed by atoms with Gasteiger partial charge in [-0.2, -0.15) is 4.98 Å². The van der Waals surface area contributed by atoms with Crippen molar-refractivity contribution in [2.45, 2.75) is 13.3 Å². The van der Waals surface area contributed by atoms with Crippen LogP contribution in [0.15, 0.2) is 30.3 Å². The Morgan fingerprint density at radius 1 is 1.09 bits per heavy atom. The number of aromatic nitrogens is 2. The number of ether oxygens (including phenoxy) is 1. The van der Waals surface area contributed by atoms with Crippen LogP contribution in [0, 0.1) is 6.92 Å². The van der Waals surface area contributed by atoms with Crippen molar-refractivity contribution >= 4 is 23.4 Å². The molecule has 0 amide bonds. The Kier molecular flexibility index (Phi) is 6.43. The van der Waals surface area contributed by atoms with Crippen LogP contribution in [0.25, 0.3) is 0 Å². The van der Waals surface area contributed by atoms with Gasteiger partial charge < -0.3 is 15.4 Å². The van der Waals surface area contributed by atoms with E-state index < -0.39 is 0 Å². The number of nitrogens with one attached hydrogen (secondary N) is 2. The molecule has 0 radical (unpaired) electrons. The second-order valence-electron chi connectivity index (χ2n) is 4.94. The fourth-order valence-corrected chi connectivity index (χ4v) is 2.12. The summed E-state index contributed by atoms with van der Waals surface area (Å²) in [4.78, 5) is 8.83. The number of benzene rings is 1. The van der Waals surface area contributed by atoms with Crippen LogP contribution in [0.4, 0.5) is 11.8 Å². The SMILES string of the molecule is COCCNc1cc(C)nc(NCCc2ccc(Cl)cc2)n1. The molecule has 1 heterocycles. The molecule has 1 aromatic heterocycles. The molecule has 0 fully saturated rings. The highest BCUT2D eigenvalue weighted by molar-refractivity contribution is 6.30. The van der Waals surface area contributed by atoms with Crippen molar-refractivity contribution in [3.8, 4) is 0 Å². The van der Waals surface area contributed by atoms with E-state index in [4.69, 9.17) is 16.3 Å². The molecule has 0 aliphatic carbocycles. The molecule has 0 unspecified atom stereocenters. The Hall–Kier alpha value is -1.85. The quantitative estimate of drug-likeness (QED) is 0.732. The van der Waals surface area contributed by atoms with E-state index in [1.54, 1.807) is 7.11 Å². The first-order valence-corrected chi connectivity index (χ1v) is 7.62. The predicted molar refractivity (Wildman–Crippen MR) is 90.8 cm³/mol. The smallest absolute Gasteiger partial charge is 0.224 e. The Bertz CT molecular complexity index is 589. The molecule has 0 atom stereocenters. The molecular weight excluding hydrogens is 300 g/mol. The van der Waals surface area contributed by atoms with Crippen molar-refractivity contribution in [3.05, 3.63) is 46.6 Å². The molecule has 1 aromatic carbocycles. The first-order chi connectivity index (χ1) is 10.7. The second kappa shape index (κ2) is 8.56. The van der Waals surface area contributed by atoms with Gasteiger partial charge in [-0.15, -0.1) is 0 Å². The summed E-state index contributed by atoms with van der Waals surface area (Å²) in [7, 11) is 1.68. The maximum absolute atomic E-state index is 5.88.